The lowest BCUT2D eigenvalue weighted by Crippen LogP contribution is -2.30. The Morgan fingerprint density at radius 1 is 1.31 bits per heavy atom. The summed E-state index contributed by atoms with van der Waals surface area (Å²) in [6.45, 7) is -0.825. The Labute approximate surface area is 92.2 Å². The molecule has 2 atom stereocenters. The number of nitrogens with zero attached hydrogens (tertiary/aromatic N) is 1. The highest BCUT2D eigenvalue weighted by molar-refractivity contribution is 5.84. The molecule has 1 aromatic carbocycles. The van der Waals surface area contributed by atoms with E-state index >= 15 is 0 Å². The van der Waals surface area contributed by atoms with E-state index in [1.807, 2.05) is 6.07 Å². The molecule has 0 unspecified atom stereocenters. The number of aliphatic hydroxyl groups is 3. The maximum Gasteiger partial charge on any atom is 0.189 e. The van der Waals surface area contributed by atoms with Gasteiger partial charge in [-0.3, -0.25) is 4.79 Å². The number of hydrogen-bond donors (Lipinski definition) is 3. The zero-order chi connectivity index (χ0) is 12.1. The smallest absolute Gasteiger partial charge is 0.189 e. The molecule has 0 heterocycles. The molecule has 0 fully saturated rings. The third-order valence-corrected chi connectivity index (χ3v) is 2.17. The highest BCUT2D eigenvalue weighted by Crippen LogP contribution is 2.17. The number of ketones is 1. The minimum atomic E-state index is -1.65. The van der Waals surface area contributed by atoms with Gasteiger partial charge in [0.2, 0.25) is 0 Å². The quantitative estimate of drug-likeness (QED) is 0.637. The number of benzene rings is 1. The third kappa shape index (κ3) is 2.64. The lowest BCUT2D eigenvalue weighted by molar-refractivity contribution is -0.135. The summed E-state index contributed by atoms with van der Waals surface area (Å²) in [5, 5.41) is 36.0. The fourth-order valence-electron chi connectivity index (χ4n) is 1.21. The molecule has 0 radical (unpaired) electrons. The predicted molar refractivity (Wildman–Crippen MR) is 54.2 cm³/mol. The lowest BCUT2D eigenvalue weighted by Gasteiger charge is -2.15. The summed E-state index contributed by atoms with van der Waals surface area (Å²) >= 11 is 0. The van der Waals surface area contributed by atoms with E-state index in [1.54, 1.807) is 0 Å². The van der Waals surface area contributed by atoms with Crippen LogP contribution in [-0.4, -0.2) is 33.8 Å². The van der Waals surface area contributed by atoms with Crippen LogP contribution in [0.3, 0.4) is 0 Å². The Bertz CT molecular complexity index is 407. The van der Waals surface area contributed by atoms with Crippen LogP contribution >= 0.6 is 0 Å². The van der Waals surface area contributed by atoms with Crippen molar-refractivity contribution >= 4 is 5.78 Å². The zero-order valence-electron chi connectivity index (χ0n) is 8.37. The molecule has 0 spiro atoms. The van der Waals surface area contributed by atoms with Crippen LogP contribution in [0, 0.1) is 11.3 Å². The van der Waals surface area contributed by atoms with Crippen LogP contribution < -0.4 is 0 Å². The van der Waals surface area contributed by atoms with E-state index in [9.17, 15) is 15.0 Å². The van der Waals surface area contributed by atoms with Gasteiger partial charge in [0.05, 0.1) is 11.6 Å². The average molecular weight is 221 g/mol. The van der Waals surface area contributed by atoms with Crippen molar-refractivity contribution in [3.8, 4) is 6.07 Å². The fourth-order valence-corrected chi connectivity index (χ4v) is 1.21. The average Bonchev–Trinajstić information content (AvgIpc) is 2.36. The van der Waals surface area contributed by atoms with Crippen molar-refractivity contribution in [2.24, 2.45) is 0 Å². The number of hydrogen-bond acceptors (Lipinski definition) is 5. The summed E-state index contributed by atoms with van der Waals surface area (Å²) in [5.74, 6) is -0.850. The first kappa shape index (κ1) is 12.3. The van der Waals surface area contributed by atoms with Gasteiger partial charge in [-0.15, -0.1) is 0 Å². The molecular weight excluding hydrogens is 210 g/mol. The number of carbonyl (C=O) groups is 1. The van der Waals surface area contributed by atoms with E-state index in [2.05, 4.69) is 0 Å². The highest BCUT2D eigenvalue weighted by atomic mass is 16.3. The van der Waals surface area contributed by atoms with Crippen molar-refractivity contribution in [3.05, 3.63) is 35.4 Å². The monoisotopic (exact) mass is 221 g/mol. The largest absolute Gasteiger partial charge is 0.388 e. The topological polar surface area (TPSA) is 102 Å². The highest BCUT2D eigenvalue weighted by Gasteiger charge is 2.24. The van der Waals surface area contributed by atoms with E-state index < -0.39 is 24.6 Å². The van der Waals surface area contributed by atoms with Crippen LogP contribution in [0.4, 0.5) is 0 Å². The molecule has 1 aromatic rings. The van der Waals surface area contributed by atoms with Crippen molar-refractivity contribution in [2.75, 3.05) is 6.61 Å². The molecule has 1 rings (SSSR count). The molecule has 0 saturated heterocycles. The summed E-state index contributed by atoms with van der Waals surface area (Å²) in [5.41, 5.74) is 0.729. The Hall–Kier alpha value is -1.74. The SMILES string of the molecule is N#Cc1ccc([C@H](O)[C@@H](O)C(=O)CO)cc1. The molecule has 5 nitrogen and oxygen atoms in total. The molecule has 5 heteroatoms. The van der Waals surface area contributed by atoms with Gasteiger partial charge in [-0.2, -0.15) is 5.26 Å². The van der Waals surface area contributed by atoms with Crippen molar-refractivity contribution in [1.82, 2.24) is 0 Å². The van der Waals surface area contributed by atoms with Crippen molar-refractivity contribution in [1.29, 1.82) is 5.26 Å². The molecule has 0 aliphatic rings. The Balaban J connectivity index is 2.84. The first-order valence-electron chi connectivity index (χ1n) is 4.60. The van der Waals surface area contributed by atoms with Gasteiger partial charge < -0.3 is 15.3 Å². The van der Waals surface area contributed by atoms with Gasteiger partial charge >= 0.3 is 0 Å². The van der Waals surface area contributed by atoms with Crippen LogP contribution in [0.1, 0.15) is 17.2 Å². The van der Waals surface area contributed by atoms with Gasteiger partial charge in [-0.25, -0.2) is 0 Å². The van der Waals surface area contributed by atoms with E-state index in [0.717, 1.165) is 0 Å². The van der Waals surface area contributed by atoms with Crippen molar-refractivity contribution < 1.29 is 20.1 Å². The summed E-state index contributed by atoms with van der Waals surface area (Å²) in [6, 6.07) is 7.72. The molecule has 0 saturated carbocycles. The van der Waals surface area contributed by atoms with Gasteiger partial charge in [-0.1, -0.05) is 12.1 Å². The van der Waals surface area contributed by atoms with E-state index in [0.29, 0.717) is 11.1 Å². The van der Waals surface area contributed by atoms with Gasteiger partial charge in [-0.05, 0) is 17.7 Å². The van der Waals surface area contributed by atoms with E-state index in [-0.39, 0.29) is 0 Å². The molecule has 0 aliphatic carbocycles. The molecule has 16 heavy (non-hydrogen) atoms. The molecule has 0 aromatic heterocycles. The van der Waals surface area contributed by atoms with Gasteiger partial charge in [0, 0.05) is 0 Å². The first-order valence-corrected chi connectivity index (χ1v) is 4.60. The number of rotatable bonds is 4. The van der Waals surface area contributed by atoms with Crippen LogP contribution in [-0.2, 0) is 4.79 Å². The second kappa shape index (κ2) is 5.37. The summed E-state index contributed by atoms with van der Waals surface area (Å²) in [4.78, 5) is 10.9. The van der Waals surface area contributed by atoms with Gasteiger partial charge in [0.25, 0.3) is 0 Å². The Morgan fingerprint density at radius 3 is 2.31 bits per heavy atom. The number of carbonyl (C=O) groups excluding carboxylic acids is 1. The molecule has 0 amide bonds. The van der Waals surface area contributed by atoms with Crippen LogP contribution in [0.15, 0.2) is 24.3 Å². The Morgan fingerprint density at radius 2 is 1.88 bits per heavy atom. The van der Waals surface area contributed by atoms with E-state index in [1.165, 1.54) is 24.3 Å². The number of nitriles is 1. The molecule has 84 valence electrons. The first-order chi connectivity index (χ1) is 7.60. The second-order valence-electron chi connectivity index (χ2n) is 3.25. The zero-order valence-corrected chi connectivity index (χ0v) is 8.37. The van der Waals surface area contributed by atoms with Gasteiger partial charge in [0.15, 0.2) is 5.78 Å². The van der Waals surface area contributed by atoms with Crippen LogP contribution in [0.5, 0.6) is 0 Å². The maximum absolute atomic E-state index is 10.9. The lowest BCUT2D eigenvalue weighted by atomic mass is 10.0. The molecular formula is C11H11NO4. The predicted octanol–water partition coefficient (Wildman–Crippen LogP) is -0.486. The van der Waals surface area contributed by atoms with Crippen molar-refractivity contribution in [3.63, 3.8) is 0 Å². The number of aliphatic hydroxyl groups excluding tert-OH is 3. The number of Topliss-reactive ketones (excluding diaryl/α,β-unsaturated/α-hetero) is 1. The van der Waals surface area contributed by atoms with E-state index in [4.69, 9.17) is 10.4 Å². The normalized spacial score (nSPS) is 13.9. The Kier molecular flexibility index (Phi) is 4.14. The summed E-state index contributed by atoms with van der Waals surface area (Å²) in [6.07, 6.45) is -3.05. The second-order valence-corrected chi connectivity index (χ2v) is 3.25. The van der Waals surface area contributed by atoms with Crippen LogP contribution in [0.25, 0.3) is 0 Å². The third-order valence-electron chi connectivity index (χ3n) is 2.17. The maximum atomic E-state index is 10.9. The molecule has 0 aliphatic heterocycles. The van der Waals surface area contributed by atoms with Crippen molar-refractivity contribution in [2.45, 2.75) is 12.2 Å². The van der Waals surface area contributed by atoms with Gasteiger partial charge in [0.1, 0.15) is 18.8 Å². The standard InChI is InChI=1S/C11H11NO4/c12-5-7-1-3-8(4-2-7)10(15)11(16)9(14)6-13/h1-4,10-11,13,15-16H,6H2/t10-,11-/m0/s1. The minimum absolute atomic E-state index is 0.313. The van der Waals surface area contributed by atoms with Crippen LogP contribution in [0.2, 0.25) is 0 Å². The molecule has 0 bridgehead atoms. The molecule has 3 N–H and O–H groups in total. The fraction of sp³-hybridized carbons (Fsp3) is 0.273. The summed E-state index contributed by atoms with van der Waals surface area (Å²) < 4.78 is 0. The summed E-state index contributed by atoms with van der Waals surface area (Å²) in [7, 11) is 0. The minimum Gasteiger partial charge on any atom is -0.388 e.